The first-order valence-electron chi connectivity index (χ1n) is 7.47. The molecular weight excluding hydrogens is 256 g/mol. The van der Waals surface area contributed by atoms with Crippen molar-refractivity contribution in [1.82, 2.24) is 4.98 Å². The van der Waals surface area contributed by atoms with Crippen molar-refractivity contribution in [2.75, 3.05) is 20.6 Å². The summed E-state index contributed by atoms with van der Waals surface area (Å²) in [5.41, 5.74) is 3.94. The molecule has 1 radical (unpaired) electrons. The van der Waals surface area contributed by atoms with Gasteiger partial charge >= 0.3 is 0 Å². The van der Waals surface area contributed by atoms with E-state index in [0.717, 1.165) is 24.0 Å². The number of hydrogen-bond acceptors (Lipinski definition) is 0. The molecule has 3 rings (SSSR count). The van der Waals surface area contributed by atoms with Gasteiger partial charge in [-0.15, -0.1) is 0 Å². The Labute approximate surface area is 126 Å². The first kappa shape index (κ1) is 13.9. The Balaban J connectivity index is 1.69. The van der Waals surface area contributed by atoms with Crippen LogP contribution in [0.3, 0.4) is 0 Å². The molecule has 2 nitrogen and oxygen atoms in total. The summed E-state index contributed by atoms with van der Waals surface area (Å²) in [5.74, 6) is 0. The van der Waals surface area contributed by atoms with Crippen molar-refractivity contribution in [3.63, 3.8) is 0 Å². The van der Waals surface area contributed by atoms with E-state index >= 15 is 0 Å². The van der Waals surface area contributed by atoms with Gasteiger partial charge in [-0.1, -0.05) is 42.5 Å². The van der Waals surface area contributed by atoms with Crippen molar-refractivity contribution < 1.29 is 4.48 Å². The summed E-state index contributed by atoms with van der Waals surface area (Å²) in [7, 11) is 4.59. The first-order chi connectivity index (χ1) is 10.1. The molecule has 107 valence electrons. The number of likely N-dealkylation sites (N-methyl/N-ethyl adjacent to an activating group) is 1. The summed E-state index contributed by atoms with van der Waals surface area (Å²) in [6, 6.07) is 20.2. The second-order valence-corrected chi connectivity index (χ2v) is 6.33. The molecular formula is C19H22N2+. The van der Waals surface area contributed by atoms with Crippen LogP contribution in [0.2, 0.25) is 0 Å². The smallest absolute Gasteiger partial charge is 0.104 e. The van der Waals surface area contributed by atoms with Crippen LogP contribution in [0.1, 0.15) is 11.1 Å². The van der Waals surface area contributed by atoms with Crippen LogP contribution in [0.4, 0.5) is 0 Å². The van der Waals surface area contributed by atoms with Gasteiger partial charge in [0.2, 0.25) is 0 Å². The highest BCUT2D eigenvalue weighted by atomic mass is 15.3. The third kappa shape index (κ3) is 3.34. The minimum atomic E-state index is 0.990. The molecule has 0 fully saturated rings. The monoisotopic (exact) mass is 278 g/mol. The minimum Gasteiger partial charge on any atom is -0.361 e. The Morgan fingerprint density at radius 2 is 1.86 bits per heavy atom. The summed E-state index contributed by atoms with van der Waals surface area (Å²) in [5, 5.41) is 1.23. The SMILES string of the molecule is C[N+](C)(CCc1c[nH]c2ccc[c]c12)Cc1ccccc1. The number of benzene rings is 2. The van der Waals surface area contributed by atoms with Crippen LogP contribution in [0.15, 0.2) is 54.7 Å². The molecule has 0 atom stereocenters. The van der Waals surface area contributed by atoms with Gasteiger partial charge in [0, 0.05) is 29.1 Å². The summed E-state index contributed by atoms with van der Waals surface area (Å²) < 4.78 is 0.990. The molecule has 0 saturated heterocycles. The van der Waals surface area contributed by atoms with E-state index in [-0.39, 0.29) is 0 Å². The van der Waals surface area contributed by atoms with E-state index in [4.69, 9.17) is 0 Å². The number of hydrogen-bond donors (Lipinski definition) is 1. The van der Waals surface area contributed by atoms with E-state index in [9.17, 15) is 0 Å². The zero-order valence-corrected chi connectivity index (χ0v) is 12.8. The van der Waals surface area contributed by atoms with Gasteiger partial charge < -0.3 is 9.47 Å². The van der Waals surface area contributed by atoms with E-state index in [1.807, 2.05) is 12.1 Å². The Kier molecular flexibility index (Phi) is 3.80. The Morgan fingerprint density at radius 3 is 2.67 bits per heavy atom. The highest BCUT2D eigenvalue weighted by Crippen LogP contribution is 2.19. The van der Waals surface area contributed by atoms with Gasteiger partial charge in [-0.3, -0.25) is 0 Å². The number of rotatable bonds is 5. The lowest BCUT2D eigenvalue weighted by atomic mass is 10.1. The predicted octanol–water partition coefficient (Wildman–Crippen LogP) is 3.79. The van der Waals surface area contributed by atoms with Crippen LogP contribution in [0.25, 0.3) is 10.9 Å². The van der Waals surface area contributed by atoms with Crippen LogP contribution in [-0.4, -0.2) is 30.1 Å². The number of fused-ring (bicyclic) bond motifs is 1. The molecule has 1 heterocycles. The number of quaternary nitrogens is 1. The minimum absolute atomic E-state index is 0.990. The summed E-state index contributed by atoms with van der Waals surface area (Å²) in [4.78, 5) is 3.34. The highest BCUT2D eigenvalue weighted by molar-refractivity contribution is 5.82. The fourth-order valence-corrected chi connectivity index (χ4v) is 2.84. The molecule has 21 heavy (non-hydrogen) atoms. The Morgan fingerprint density at radius 1 is 1.05 bits per heavy atom. The Hall–Kier alpha value is -2.06. The Bertz CT molecular complexity index is 711. The number of nitrogens with zero attached hydrogens (tertiary/aromatic N) is 1. The van der Waals surface area contributed by atoms with E-state index in [0.29, 0.717) is 0 Å². The fraction of sp³-hybridized carbons (Fsp3) is 0.263. The zero-order valence-electron chi connectivity index (χ0n) is 12.8. The molecule has 1 aromatic heterocycles. The molecule has 0 amide bonds. The average molecular weight is 278 g/mol. The van der Waals surface area contributed by atoms with E-state index in [2.05, 4.69) is 67.7 Å². The summed E-state index contributed by atoms with van der Waals surface area (Å²) in [6.45, 7) is 2.18. The maximum atomic E-state index is 3.35. The molecule has 1 N–H and O–H groups in total. The average Bonchev–Trinajstić information content (AvgIpc) is 2.89. The van der Waals surface area contributed by atoms with Crippen molar-refractivity contribution in [3.05, 3.63) is 71.9 Å². The van der Waals surface area contributed by atoms with E-state index in [1.54, 1.807) is 0 Å². The predicted molar refractivity (Wildman–Crippen MR) is 88.0 cm³/mol. The summed E-state index contributed by atoms with van der Waals surface area (Å²) >= 11 is 0. The third-order valence-electron chi connectivity index (χ3n) is 4.02. The van der Waals surface area contributed by atoms with Crippen LogP contribution in [-0.2, 0) is 13.0 Å². The normalized spacial score (nSPS) is 11.9. The highest BCUT2D eigenvalue weighted by Gasteiger charge is 2.16. The van der Waals surface area contributed by atoms with Crippen molar-refractivity contribution in [3.8, 4) is 0 Å². The van der Waals surface area contributed by atoms with Gasteiger partial charge in [-0.05, 0) is 17.7 Å². The molecule has 0 aliphatic carbocycles. The van der Waals surface area contributed by atoms with Crippen LogP contribution in [0.5, 0.6) is 0 Å². The second-order valence-electron chi connectivity index (χ2n) is 6.33. The maximum absolute atomic E-state index is 3.35. The number of H-pyrrole nitrogens is 1. The van der Waals surface area contributed by atoms with E-state index < -0.39 is 0 Å². The van der Waals surface area contributed by atoms with Crippen molar-refractivity contribution in [2.24, 2.45) is 0 Å². The number of nitrogens with one attached hydrogen (secondary N) is 1. The molecule has 0 saturated carbocycles. The fourth-order valence-electron chi connectivity index (χ4n) is 2.84. The van der Waals surface area contributed by atoms with Gasteiger partial charge in [0.25, 0.3) is 0 Å². The van der Waals surface area contributed by atoms with Gasteiger partial charge in [0.1, 0.15) is 6.54 Å². The van der Waals surface area contributed by atoms with Gasteiger partial charge in [0.05, 0.1) is 20.6 Å². The maximum Gasteiger partial charge on any atom is 0.104 e. The second kappa shape index (κ2) is 5.74. The van der Waals surface area contributed by atoms with Crippen molar-refractivity contribution in [2.45, 2.75) is 13.0 Å². The summed E-state index contributed by atoms with van der Waals surface area (Å²) in [6.07, 6.45) is 3.20. The molecule has 2 aromatic carbocycles. The molecule has 3 aromatic rings. The molecule has 2 heteroatoms. The van der Waals surface area contributed by atoms with Gasteiger partial charge in [0.15, 0.2) is 0 Å². The van der Waals surface area contributed by atoms with Crippen LogP contribution in [0, 0.1) is 6.07 Å². The molecule has 0 aliphatic rings. The molecule has 0 spiro atoms. The van der Waals surface area contributed by atoms with E-state index in [1.165, 1.54) is 22.0 Å². The standard InChI is InChI=1S/C19H22N2/c1-21(2,15-16-8-4-3-5-9-16)13-12-17-14-20-19-11-7-6-10-18(17)19/h3-9,11,14,20H,12-13,15H2,1-2H3/q+1. The lowest BCUT2D eigenvalue weighted by Gasteiger charge is -2.30. The topological polar surface area (TPSA) is 15.8 Å². The molecule has 0 aliphatic heterocycles. The molecule has 0 unspecified atom stereocenters. The van der Waals surface area contributed by atoms with Gasteiger partial charge in [-0.2, -0.15) is 0 Å². The third-order valence-corrected chi connectivity index (χ3v) is 4.02. The van der Waals surface area contributed by atoms with Gasteiger partial charge in [-0.25, -0.2) is 0 Å². The van der Waals surface area contributed by atoms with Crippen LogP contribution >= 0.6 is 0 Å². The van der Waals surface area contributed by atoms with Crippen molar-refractivity contribution in [1.29, 1.82) is 0 Å². The number of aromatic nitrogens is 1. The molecule has 0 bridgehead atoms. The quantitative estimate of drug-likeness (QED) is 0.684. The first-order valence-corrected chi connectivity index (χ1v) is 7.47. The van der Waals surface area contributed by atoms with Crippen LogP contribution < -0.4 is 0 Å². The zero-order chi connectivity index (χ0) is 14.7. The lowest BCUT2D eigenvalue weighted by molar-refractivity contribution is -0.903. The lowest BCUT2D eigenvalue weighted by Crippen LogP contribution is -2.40. The largest absolute Gasteiger partial charge is 0.361 e. The van der Waals surface area contributed by atoms with Crippen molar-refractivity contribution >= 4 is 10.9 Å². The number of aromatic amines is 1.